The van der Waals surface area contributed by atoms with Crippen LogP contribution in [-0.2, 0) is 11.2 Å². The zero-order valence-electron chi connectivity index (χ0n) is 15.3. The number of benzene rings is 1. The Hall–Kier alpha value is -2.56. The van der Waals surface area contributed by atoms with E-state index >= 15 is 0 Å². The monoisotopic (exact) mass is 339 g/mol. The van der Waals surface area contributed by atoms with Gasteiger partial charge in [-0.1, -0.05) is 13.8 Å². The van der Waals surface area contributed by atoms with Gasteiger partial charge in [-0.25, -0.2) is 0 Å². The summed E-state index contributed by atoms with van der Waals surface area (Å²) >= 11 is 0. The molecule has 1 heterocycles. The molecular weight excluding hydrogens is 314 g/mol. The van der Waals surface area contributed by atoms with Gasteiger partial charge in [0, 0.05) is 48.9 Å². The Morgan fingerprint density at radius 3 is 2.76 bits per heavy atom. The summed E-state index contributed by atoms with van der Waals surface area (Å²) in [6.45, 7) is 4.05. The molecule has 1 aliphatic carbocycles. The minimum absolute atomic E-state index is 0.0195. The van der Waals surface area contributed by atoms with Gasteiger partial charge in [-0.3, -0.25) is 9.59 Å². The molecule has 5 heteroatoms. The SMILES string of the molecule is CC(C)CC(=O)Nc1ccc2[nH]c3c(c2c1)CC/C(=C/N(C)C)C3=O. The molecule has 1 amide bonds. The Labute approximate surface area is 148 Å². The van der Waals surface area contributed by atoms with Gasteiger partial charge in [-0.05, 0) is 42.5 Å². The van der Waals surface area contributed by atoms with Gasteiger partial charge in [0.1, 0.15) is 0 Å². The van der Waals surface area contributed by atoms with Crippen molar-refractivity contribution in [2.75, 3.05) is 19.4 Å². The maximum Gasteiger partial charge on any atom is 0.224 e. The van der Waals surface area contributed by atoms with Crippen molar-refractivity contribution in [1.29, 1.82) is 0 Å². The molecule has 0 atom stereocenters. The summed E-state index contributed by atoms with van der Waals surface area (Å²) in [7, 11) is 3.85. The molecule has 0 saturated heterocycles. The normalized spacial score (nSPS) is 15.7. The Morgan fingerprint density at radius 1 is 1.32 bits per heavy atom. The summed E-state index contributed by atoms with van der Waals surface area (Å²) in [5.41, 5.74) is 4.28. The zero-order valence-corrected chi connectivity index (χ0v) is 15.3. The molecule has 132 valence electrons. The highest BCUT2D eigenvalue weighted by Crippen LogP contribution is 2.33. The Morgan fingerprint density at radius 2 is 2.08 bits per heavy atom. The van der Waals surface area contributed by atoms with Crippen LogP contribution in [0.2, 0.25) is 0 Å². The molecule has 0 fully saturated rings. The average molecular weight is 339 g/mol. The van der Waals surface area contributed by atoms with Crippen molar-refractivity contribution < 1.29 is 9.59 Å². The molecule has 0 radical (unpaired) electrons. The van der Waals surface area contributed by atoms with Crippen molar-refractivity contribution in [3.05, 3.63) is 41.2 Å². The largest absolute Gasteiger partial charge is 0.383 e. The van der Waals surface area contributed by atoms with Crippen LogP contribution in [0.3, 0.4) is 0 Å². The Kier molecular flexibility index (Phi) is 4.66. The molecule has 0 aliphatic heterocycles. The van der Waals surface area contributed by atoms with E-state index in [0.29, 0.717) is 18.0 Å². The third kappa shape index (κ3) is 3.60. The second-order valence-electron chi connectivity index (χ2n) is 7.33. The van der Waals surface area contributed by atoms with E-state index in [1.54, 1.807) is 0 Å². The first-order valence-electron chi connectivity index (χ1n) is 8.71. The molecule has 1 aromatic heterocycles. The molecule has 3 rings (SSSR count). The zero-order chi connectivity index (χ0) is 18.1. The van der Waals surface area contributed by atoms with Crippen molar-refractivity contribution in [2.24, 2.45) is 5.92 Å². The summed E-state index contributed by atoms with van der Waals surface area (Å²) < 4.78 is 0. The quantitative estimate of drug-likeness (QED) is 0.834. The van der Waals surface area contributed by atoms with Gasteiger partial charge in [0.15, 0.2) is 0 Å². The Bertz CT molecular complexity index is 859. The summed E-state index contributed by atoms with van der Waals surface area (Å²) in [4.78, 5) is 29.9. The number of amides is 1. The van der Waals surface area contributed by atoms with E-state index in [1.807, 2.05) is 57.2 Å². The summed E-state index contributed by atoms with van der Waals surface area (Å²) in [6.07, 6.45) is 3.96. The number of allylic oxidation sites excluding steroid dienone is 1. The van der Waals surface area contributed by atoms with Gasteiger partial charge in [0.05, 0.1) is 5.69 Å². The molecule has 25 heavy (non-hydrogen) atoms. The number of carbonyl (C=O) groups is 2. The number of aromatic nitrogens is 1. The highest BCUT2D eigenvalue weighted by molar-refractivity contribution is 6.13. The summed E-state index contributed by atoms with van der Waals surface area (Å²) in [5, 5.41) is 3.98. The van der Waals surface area contributed by atoms with Crippen LogP contribution in [0.15, 0.2) is 30.0 Å². The topological polar surface area (TPSA) is 65.2 Å². The number of hydrogen-bond donors (Lipinski definition) is 2. The van der Waals surface area contributed by atoms with Crippen LogP contribution in [0.1, 0.15) is 42.7 Å². The maximum absolute atomic E-state index is 12.7. The minimum atomic E-state index is 0.0195. The number of carbonyl (C=O) groups excluding carboxylic acids is 2. The number of fused-ring (bicyclic) bond motifs is 3. The highest BCUT2D eigenvalue weighted by atomic mass is 16.1. The number of rotatable bonds is 4. The number of Topliss-reactive ketones (excluding diaryl/α,β-unsaturated/α-hetero) is 1. The van der Waals surface area contributed by atoms with Gasteiger partial charge >= 0.3 is 0 Å². The molecule has 2 aromatic rings. The summed E-state index contributed by atoms with van der Waals surface area (Å²) in [5.74, 6) is 0.408. The van der Waals surface area contributed by atoms with Crippen molar-refractivity contribution >= 4 is 28.3 Å². The summed E-state index contributed by atoms with van der Waals surface area (Å²) in [6, 6.07) is 5.78. The van der Waals surface area contributed by atoms with Gasteiger partial charge in [-0.2, -0.15) is 0 Å². The standard InChI is InChI=1S/C20H25N3O2/c1-12(2)9-18(24)21-14-6-8-17-16(10-14)15-7-5-13(11-23(3)4)20(25)19(15)22-17/h6,8,10-12,22H,5,7,9H2,1-4H3,(H,21,24)/b13-11-. The highest BCUT2D eigenvalue weighted by Gasteiger charge is 2.26. The average Bonchev–Trinajstić information content (AvgIpc) is 2.87. The number of H-pyrrole nitrogens is 1. The van der Waals surface area contributed by atoms with Crippen LogP contribution in [0.4, 0.5) is 5.69 Å². The lowest BCUT2D eigenvalue weighted by Gasteiger charge is -2.16. The van der Waals surface area contributed by atoms with Crippen LogP contribution < -0.4 is 5.32 Å². The van der Waals surface area contributed by atoms with Crippen molar-refractivity contribution in [2.45, 2.75) is 33.1 Å². The van der Waals surface area contributed by atoms with Crippen LogP contribution in [0.5, 0.6) is 0 Å². The fourth-order valence-electron chi connectivity index (χ4n) is 3.33. The number of anilines is 1. The molecule has 1 aromatic carbocycles. The first kappa shape index (κ1) is 17.3. The third-order valence-electron chi connectivity index (χ3n) is 4.36. The third-order valence-corrected chi connectivity index (χ3v) is 4.36. The van der Waals surface area contributed by atoms with E-state index in [1.165, 1.54) is 0 Å². The molecule has 0 bridgehead atoms. The van der Waals surface area contributed by atoms with Gasteiger partial charge in [0.25, 0.3) is 0 Å². The molecule has 0 spiro atoms. The number of nitrogens with zero attached hydrogens (tertiary/aromatic N) is 1. The molecule has 5 nitrogen and oxygen atoms in total. The van der Waals surface area contributed by atoms with Gasteiger partial charge in [-0.15, -0.1) is 0 Å². The first-order valence-corrected chi connectivity index (χ1v) is 8.71. The van der Waals surface area contributed by atoms with E-state index in [0.717, 1.165) is 40.6 Å². The predicted molar refractivity (Wildman–Crippen MR) is 101 cm³/mol. The maximum atomic E-state index is 12.7. The van der Waals surface area contributed by atoms with E-state index < -0.39 is 0 Å². The lowest BCUT2D eigenvalue weighted by molar-refractivity contribution is -0.116. The van der Waals surface area contributed by atoms with E-state index in [4.69, 9.17) is 0 Å². The van der Waals surface area contributed by atoms with Crippen LogP contribution in [0, 0.1) is 5.92 Å². The first-order chi connectivity index (χ1) is 11.8. The van der Waals surface area contributed by atoms with Gasteiger partial charge in [0.2, 0.25) is 11.7 Å². The van der Waals surface area contributed by atoms with E-state index in [-0.39, 0.29) is 11.7 Å². The fourth-order valence-corrected chi connectivity index (χ4v) is 3.33. The second-order valence-corrected chi connectivity index (χ2v) is 7.33. The van der Waals surface area contributed by atoms with Crippen molar-refractivity contribution in [3.8, 4) is 0 Å². The molecule has 0 saturated carbocycles. The van der Waals surface area contributed by atoms with E-state index in [2.05, 4.69) is 10.3 Å². The van der Waals surface area contributed by atoms with Crippen molar-refractivity contribution in [1.82, 2.24) is 9.88 Å². The van der Waals surface area contributed by atoms with Crippen molar-refractivity contribution in [3.63, 3.8) is 0 Å². The van der Waals surface area contributed by atoms with Crippen LogP contribution in [-0.4, -0.2) is 35.7 Å². The number of aromatic amines is 1. The van der Waals surface area contributed by atoms with Gasteiger partial charge < -0.3 is 15.2 Å². The van der Waals surface area contributed by atoms with Crippen LogP contribution in [0.25, 0.3) is 10.9 Å². The predicted octanol–water partition coefficient (Wildman–Crippen LogP) is 3.73. The lowest BCUT2D eigenvalue weighted by Crippen LogP contribution is -2.16. The molecule has 0 unspecified atom stereocenters. The Balaban J connectivity index is 1.93. The number of ketones is 1. The second kappa shape index (κ2) is 6.75. The fraction of sp³-hybridized carbons (Fsp3) is 0.400. The molecule has 1 aliphatic rings. The number of hydrogen-bond acceptors (Lipinski definition) is 3. The molecular formula is C20H25N3O2. The van der Waals surface area contributed by atoms with E-state index in [9.17, 15) is 9.59 Å². The minimum Gasteiger partial charge on any atom is -0.383 e. The number of aryl methyl sites for hydroxylation is 1. The smallest absolute Gasteiger partial charge is 0.224 e. The number of nitrogens with one attached hydrogen (secondary N) is 2. The lowest BCUT2D eigenvalue weighted by atomic mass is 9.90. The van der Waals surface area contributed by atoms with Crippen LogP contribution >= 0.6 is 0 Å². The molecule has 2 N–H and O–H groups in total.